The van der Waals surface area contributed by atoms with Crippen molar-refractivity contribution in [2.45, 2.75) is 38.9 Å². The summed E-state index contributed by atoms with van der Waals surface area (Å²) in [7, 11) is 0. The summed E-state index contributed by atoms with van der Waals surface area (Å²) in [6, 6.07) is 5.29. The number of ether oxygens (including phenoxy) is 2. The van der Waals surface area contributed by atoms with E-state index in [1.807, 2.05) is 26.8 Å². The molecule has 0 aliphatic carbocycles. The molecule has 1 unspecified atom stereocenters. The minimum Gasteiger partial charge on any atom is -0.487 e. The van der Waals surface area contributed by atoms with E-state index in [0.717, 1.165) is 25.8 Å². The Bertz CT molecular complexity index is 854. The van der Waals surface area contributed by atoms with E-state index in [9.17, 15) is 9.59 Å². The number of fused-ring (bicyclic) bond motifs is 3. The van der Waals surface area contributed by atoms with E-state index in [-0.39, 0.29) is 11.7 Å². The van der Waals surface area contributed by atoms with Crippen LogP contribution in [0.2, 0.25) is 0 Å². The summed E-state index contributed by atoms with van der Waals surface area (Å²) in [6.07, 6.45) is 0.0996. The van der Waals surface area contributed by atoms with E-state index in [0.29, 0.717) is 13.0 Å². The Morgan fingerprint density at radius 1 is 1.46 bits per heavy atom. The maximum Gasteiger partial charge on any atom is 0.407 e. The molecule has 2 heterocycles. The van der Waals surface area contributed by atoms with Crippen molar-refractivity contribution in [1.82, 2.24) is 10.3 Å². The summed E-state index contributed by atoms with van der Waals surface area (Å²) in [5, 5.41) is 3.63. The van der Waals surface area contributed by atoms with Crippen molar-refractivity contribution in [3.8, 4) is 5.75 Å². The van der Waals surface area contributed by atoms with Crippen molar-refractivity contribution >= 4 is 39.6 Å². The Morgan fingerprint density at radius 3 is 2.92 bits per heavy atom. The van der Waals surface area contributed by atoms with Gasteiger partial charge in [0.05, 0.1) is 12.1 Å². The molecule has 1 aliphatic rings. The van der Waals surface area contributed by atoms with Crippen molar-refractivity contribution in [2.24, 2.45) is 0 Å². The van der Waals surface area contributed by atoms with Crippen molar-refractivity contribution < 1.29 is 14.3 Å². The first-order chi connectivity index (χ1) is 11.2. The van der Waals surface area contributed by atoms with Gasteiger partial charge in [0.2, 0.25) is 5.56 Å². The van der Waals surface area contributed by atoms with Crippen LogP contribution in [0.1, 0.15) is 26.3 Å². The van der Waals surface area contributed by atoms with Crippen LogP contribution in [0.25, 0.3) is 10.9 Å². The Hall–Kier alpha value is -1.77. The number of hydrogen-bond donors (Lipinski definition) is 2. The van der Waals surface area contributed by atoms with Crippen molar-refractivity contribution in [3.05, 3.63) is 37.7 Å². The molecule has 1 aliphatic heterocycles. The minimum atomic E-state index is -0.526. The van der Waals surface area contributed by atoms with Crippen LogP contribution in [0.15, 0.2) is 23.0 Å². The van der Waals surface area contributed by atoms with Crippen LogP contribution >= 0.6 is 22.6 Å². The van der Waals surface area contributed by atoms with E-state index < -0.39 is 11.7 Å². The van der Waals surface area contributed by atoms with E-state index in [1.165, 1.54) is 6.07 Å². The second-order valence-electron chi connectivity index (χ2n) is 6.78. The first-order valence-corrected chi connectivity index (χ1v) is 8.79. The molecule has 1 aromatic carbocycles. The normalized spacial score (nSPS) is 16.6. The SMILES string of the molecule is CC(C)(C)OC(=O)NCC1Cc2cc(I)c3[nH]c(=O)ccc3c2O1. The van der Waals surface area contributed by atoms with Crippen LogP contribution in [-0.2, 0) is 11.2 Å². The molecule has 6 nitrogen and oxygen atoms in total. The number of alkyl carbamates (subject to hydrolysis) is 1. The van der Waals surface area contributed by atoms with Crippen molar-refractivity contribution in [2.75, 3.05) is 6.54 Å². The Labute approximate surface area is 153 Å². The topological polar surface area (TPSA) is 80.4 Å². The molecule has 1 aromatic heterocycles. The lowest BCUT2D eigenvalue weighted by molar-refractivity contribution is 0.0506. The van der Waals surface area contributed by atoms with Crippen LogP contribution in [0.5, 0.6) is 5.75 Å². The molecule has 3 rings (SSSR count). The van der Waals surface area contributed by atoms with E-state index in [1.54, 1.807) is 6.07 Å². The summed E-state index contributed by atoms with van der Waals surface area (Å²) in [5.74, 6) is 0.776. The van der Waals surface area contributed by atoms with Gasteiger partial charge in [0.25, 0.3) is 0 Å². The van der Waals surface area contributed by atoms with Gasteiger partial charge in [-0.05, 0) is 61.1 Å². The zero-order valence-electron chi connectivity index (χ0n) is 13.7. The Balaban J connectivity index is 1.74. The third-order valence-corrected chi connectivity index (χ3v) is 4.45. The molecule has 0 saturated heterocycles. The predicted octanol–water partition coefficient (Wildman–Crippen LogP) is 2.96. The number of carbonyl (C=O) groups excluding carboxylic acids is 1. The fraction of sp³-hybridized carbons (Fsp3) is 0.412. The number of hydrogen-bond acceptors (Lipinski definition) is 4. The summed E-state index contributed by atoms with van der Waals surface area (Å²) in [4.78, 5) is 26.1. The predicted molar refractivity (Wildman–Crippen MR) is 99.6 cm³/mol. The van der Waals surface area contributed by atoms with E-state index in [2.05, 4.69) is 32.9 Å². The monoisotopic (exact) mass is 442 g/mol. The summed E-state index contributed by atoms with van der Waals surface area (Å²) >= 11 is 2.21. The zero-order chi connectivity index (χ0) is 17.5. The third kappa shape index (κ3) is 3.66. The molecule has 0 spiro atoms. The van der Waals surface area contributed by atoms with Crippen molar-refractivity contribution in [1.29, 1.82) is 0 Å². The number of benzene rings is 1. The van der Waals surface area contributed by atoms with Gasteiger partial charge in [0, 0.05) is 21.4 Å². The fourth-order valence-electron chi connectivity index (χ4n) is 2.69. The van der Waals surface area contributed by atoms with Crippen LogP contribution in [0, 0.1) is 3.57 Å². The molecule has 0 saturated carbocycles. The summed E-state index contributed by atoms with van der Waals surface area (Å²) in [5.41, 5.74) is 1.20. The maximum absolute atomic E-state index is 11.8. The van der Waals surface area contributed by atoms with Gasteiger partial charge in [-0.25, -0.2) is 4.79 Å². The maximum atomic E-state index is 11.8. The van der Waals surface area contributed by atoms with Gasteiger partial charge in [0.1, 0.15) is 17.5 Å². The number of aromatic amines is 1. The Morgan fingerprint density at radius 2 is 2.21 bits per heavy atom. The third-order valence-electron chi connectivity index (χ3n) is 3.60. The molecule has 1 atom stereocenters. The highest BCUT2D eigenvalue weighted by Gasteiger charge is 2.27. The number of halogens is 1. The number of pyridine rings is 1. The second-order valence-corrected chi connectivity index (χ2v) is 7.95. The van der Waals surface area contributed by atoms with Crippen LogP contribution in [-0.4, -0.2) is 29.3 Å². The molecule has 0 bridgehead atoms. The average molecular weight is 442 g/mol. The number of rotatable bonds is 2. The second kappa shape index (κ2) is 6.27. The van der Waals surface area contributed by atoms with Crippen LogP contribution in [0.3, 0.4) is 0 Å². The molecular formula is C17H19IN2O4. The molecule has 0 radical (unpaired) electrons. The quantitative estimate of drug-likeness (QED) is 0.702. The number of H-pyrrole nitrogens is 1. The number of amides is 1. The summed E-state index contributed by atoms with van der Waals surface area (Å²) in [6.45, 7) is 5.83. The lowest BCUT2D eigenvalue weighted by Crippen LogP contribution is -2.38. The first-order valence-electron chi connectivity index (χ1n) is 7.71. The molecule has 24 heavy (non-hydrogen) atoms. The van der Waals surface area contributed by atoms with Gasteiger partial charge in [0.15, 0.2) is 0 Å². The molecule has 7 heteroatoms. The molecule has 2 aromatic rings. The van der Waals surface area contributed by atoms with E-state index >= 15 is 0 Å². The van der Waals surface area contributed by atoms with Gasteiger partial charge >= 0.3 is 6.09 Å². The summed E-state index contributed by atoms with van der Waals surface area (Å²) < 4.78 is 12.2. The molecule has 1 amide bonds. The number of nitrogens with one attached hydrogen (secondary N) is 2. The first kappa shape index (κ1) is 17.1. The highest BCUT2D eigenvalue weighted by molar-refractivity contribution is 14.1. The molecule has 128 valence electrons. The molecule has 0 fully saturated rings. The number of carbonyl (C=O) groups is 1. The van der Waals surface area contributed by atoms with Crippen LogP contribution < -0.4 is 15.6 Å². The highest BCUT2D eigenvalue weighted by Crippen LogP contribution is 2.37. The smallest absolute Gasteiger partial charge is 0.407 e. The van der Waals surface area contributed by atoms with Crippen molar-refractivity contribution in [3.63, 3.8) is 0 Å². The molecular weight excluding hydrogens is 423 g/mol. The fourth-order valence-corrected chi connectivity index (χ4v) is 3.49. The van der Waals surface area contributed by atoms with Gasteiger partial charge in [-0.15, -0.1) is 0 Å². The van der Waals surface area contributed by atoms with E-state index in [4.69, 9.17) is 9.47 Å². The largest absolute Gasteiger partial charge is 0.487 e. The lowest BCUT2D eigenvalue weighted by Gasteiger charge is -2.20. The highest BCUT2D eigenvalue weighted by atomic mass is 127. The van der Waals surface area contributed by atoms with Crippen LogP contribution in [0.4, 0.5) is 4.79 Å². The zero-order valence-corrected chi connectivity index (χ0v) is 15.9. The molecule has 2 N–H and O–H groups in total. The Kier molecular flexibility index (Phi) is 4.46. The van der Waals surface area contributed by atoms with Gasteiger partial charge in [-0.1, -0.05) is 0 Å². The minimum absolute atomic E-state index is 0.137. The average Bonchev–Trinajstić information content (AvgIpc) is 2.86. The van der Waals surface area contributed by atoms with Gasteiger partial charge in [-0.2, -0.15) is 0 Å². The standard InChI is InChI=1S/C17H19IN2O4/c1-17(2,3)24-16(22)19-8-10-6-9-7-12(18)14-11(15(9)23-10)4-5-13(21)20-14/h4-5,7,10H,6,8H2,1-3H3,(H,19,22)(H,20,21). The van der Waals surface area contributed by atoms with Gasteiger partial charge < -0.3 is 19.8 Å². The van der Waals surface area contributed by atoms with Gasteiger partial charge in [-0.3, -0.25) is 4.79 Å². The lowest BCUT2D eigenvalue weighted by atomic mass is 10.1. The number of aromatic nitrogens is 1.